The van der Waals surface area contributed by atoms with Gasteiger partial charge in [-0.05, 0) is 31.0 Å². The molecule has 0 saturated carbocycles. The maximum Gasteiger partial charge on any atom is 0.258 e. The number of hydrogen-bond donors (Lipinski definition) is 1. The van der Waals surface area contributed by atoms with Gasteiger partial charge < -0.3 is 10.3 Å². The van der Waals surface area contributed by atoms with Crippen molar-refractivity contribution < 1.29 is 4.52 Å². The van der Waals surface area contributed by atoms with Crippen molar-refractivity contribution in [3.8, 4) is 11.5 Å². The Labute approximate surface area is 133 Å². The van der Waals surface area contributed by atoms with Crippen molar-refractivity contribution in [3.63, 3.8) is 0 Å². The molecule has 3 rings (SSSR count). The van der Waals surface area contributed by atoms with Gasteiger partial charge in [0.25, 0.3) is 5.89 Å². The van der Waals surface area contributed by atoms with Crippen molar-refractivity contribution in [2.45, 2.75) is 30.8 Å². The fourth-order valence-corrected chi connectivity index (χ4v) is 5.37. The second-order valence-electron chi connectivity index (χ2n) is 5.14. The predicted octanol–water partition coefficient (Wildman–Crippen LogP) is 3.93. The van der Waals surface area contributed by atoms with E-state index in [0.717, 1.165) is 34.8 Å². The van der Waals surface area contributed by atoms with Crippen LogP contribution in [-0.2, 0) is 0 Å². The third-order valence-corrected chi connectivity index (χ3v) is 6.92. The summed E-state index contributed by atoms with van der Waals surface area (Å²) in [5, 5.41) is 5.10. The van der Waals surface area contributed by atoms with E-state index >= 15 is 0 Å². The van der Waals surface area contributed by atoms with Gasteiger partial charge in [-0.2, -0.15) is 16.7 Å². The van der Waals surface area contributed by atoms with Gasteiger partial charge in [-0.25, -0.2) is 0 Å². The summed E-state index contributed by atoms with van der Waals surface area (Å²) in [6, 6.07) is 5.85. The monoisotopic (exact) mass is 321 g/mol. The minimum atomic E-state index is 0.328. The lowest BCUT2D eigenvalue weighted by Crippen LogP contribution is -2.19. The Morgan fingerprint density at radius 2 is 2.14 bits per heavy atom. The maximum atomic E-state index is 5.95. The Hall–Kier alpha value is -1.14. The summed E-state index contributed by atoms with van der Waals surface area (Å²) in [5.74, 6) is 3.72. The minimum absolute atomic E-state index is 0.328. The number of anilines is 1. The first kappa shape index (κ1) is 14.8. The molecular weight excluding hydrogens is 302 g/mol. The SMILES string of the molecule is CCC1SCCSC1c1noc(-c2ccc(C)c(N)c2)n1. The van der Waals surface area contributed by atoms with Crippen molar-refractivity contribution in [2.24, 2.45) is 0 Å². The van der Waals surface area contributed by atoms with Crippen molar-refractivity contribution in [1.82, 2.24) is 10.1 Å². The van der Waals surface area contributed by atoms with E-state index in [-0.39, 0.29) is 0 Å². The highest BCUT2D eigenvalue weighted by Crippen LogP contribution is 2.43. The molecule has 1 saturated heterocycles. The second-order valence-corrected chi connectivity index (χ2v) is 7.73. The van der Waals surface area contributed by atoms with E-state index in [4.69, 9.17) is 10.3 Å². The highest BCUT2D eigenvalue weighted by atomic mass is 32.2. The third kappa shape index (κ3) is 3.06. The van der Waals surface area contributed by atoms with Crippen LogP contribution in [0.4, 0.5) is 5.69 Å². The average Bonchev–Trinajstić information content (AvgIpc) is 2.99. The van der Waals surface area contributed by atoms with Crippen LogP contribution in [0, 0.1) is 6.92 Å². The van der Waals surface area contributed by atoms with Crippen LogP contribution < -0.4 is 5.73 Å². The van der Waals surface area contributed by atoms with Crippen LogP contribution in [0.2, 0.25) is 0 Å². The summed E-state index contributed by atoms with van der Waals surface area (Å²) in [4.78, 5) is 4.61. The highest BCUT2D eigenvalue weighted by Gasteiger charge is 2.30. The van der Waals surface area contributed by atoms with E-state index < -0.39 is 0 Å². The number of aryl methyl sites for hydroxylation is 1. The molecule has 1 aliphatic heterocycles. The number of rotatable bonds is 3. The number of nitrogens with zero attached hydrogens (tertiary/aromatic N) is 2. The number of thioether (sulfide) groups is 2. The Kier molecular flexibility index (Phi) is 4.45. The van der Waals surface area contributed by atoms with Crippen LogP contribution in [0.5, 0.6) is 0 Å². The maximum absolute atomic E-state index is 5.95. The minimum Gasteiger partial charge on any atom is -0.398 e. The lowest BCUT2D eigenvalue weighted by atomic mass is 10.1. The Morgan fingerprint density at radius 1 is 1.33 bits per heavy atom. The van der Waals surface area contributed by atoms with Gasteiger partial charge in [0.2, 0.25) is 0 Å². The van der Waals surface area contributed by atoms with Crippen molar-refractivity contribution in [2.75, 3.05) is 17.2 Å². The van der Waals surface area contributed by atoms with Crippen molar-refractivity contribution in [1.29, 1.82) is 0 Å². The molecule has 2 N–H and O–H groups in total. The molecule has 0 radical (unpaired) electrons. The number of nitrogens with two attached hydrogens (primary N) is 1. The number of aromatic nitrogens is 2. The van der Waals surface area contributed by atoms with Gasteiger partial charge in [-0.15, -0.1) is 11.8 Å². The molecule has 1 aliphatic rings. The lowest BCUT2D eigenvalue weighted by molar-refractivity contribution is 0.421. The van der Waals surface area contributed by atoms with Crippen LogP contribution in [-0.4, -0.2) is 26.9 Å². The molecule has 1 fully saturated rings. The largest absolute Gasteiger partial charge is 0.398 e. The van der Waals surface area contributed by atoms with E-state index in [1.165, 1.54) is 5.75 Å². The van der Waals surface area contributed by atoms with Gasteiger partial charge in [0.05, 0.1) is 5.25 Å². The standard InChI is InChI=1S/C15H19N3OS2/c1-3-12-13(21-7-6-20-12)14-17-15(19-18-14)10-5-4-9(2)11(16)8-10/h4-5,8,12-13H,3,6-7,16H2,1-2H3. The predicted molar refractivity (Wildman–Crippen MR) is 90.6 cm³/mol. The molecule has 1 aromatic heterocycles. The van der Waals surface area contributed by atoms with E-state index in [9.17, 15) is 0 Å². The molecule has 2 aromatic rings. The first-order valence-corrected chi connectivity index (χ1v) is 9.22. The summed E-state index contributed by atoms with van der Waals surface area (Å²) in [6.45, 7) is 4.21. The second kappa shape index (κ2) is 6.32. The van der Waals surface area contributed by atoms with Gasteiger partial charge in [0.15, 0.2) is 5.82 Å². The first-order chi connectivity index (χ1) is 10.2. The molecule has 0 bridgehead atoms. The van der Waals surface area contributed by atoms with Crippen LogP contribution >= 0.6 is 23.5 Å². The molecule has 2 unspecified atom stereocenters. The fourth-order valence-electron chi connectivity index (χ4n) is 2.38. The summed E-state index contributed by atoms with van der Waals surface area (Å²) < 4.78 is 5.45. The smallest absolute Gasteiger partial charge is 0.258 e. The lowest BCUT2D eigenvalue weighted by Gasteiger charge is -2.27. The highest BCUT2D eigenvalue weighted by molar-refractivity contribution is 8.06. The average molecular weight is 321 g/mol. The van der Waals surface area contributed by atoms with Gasteiger partial charge in [-0.1, -0.05) is 18.1 Å². The van der Waals surface area contributed by atoms with E-state index in [2.05, 4.69) is 17.1 Å². The zero-order valence-electron chi connectivity index (χ0n) is 12.2. The Balaban J connectivity index is 1.86. The summed E-state index contributed by atoms with van der Waals surface area (Å²) in [6.07, 6.45) is 1.13. The van der Waals surface area contributed by atoms with E-state index in [1.807, 2.05) is 48.6 Å². The molecule has 1 aromatic carbocycles. The molecule has 2 atom stereocenters. The molecule has 2 heterocycles. The summed E-state index contributed by atoms with van der Waals surface area (Å²) in [7, 11) is 0. The molecule has 0 spiro atoms. The number of hydrogen-bond acceptors (Lipinski definition) is 6. The molecule has 21 heavy (non-hydrogen) atoms. The molecule has 4 nitrogen and oxygen atoms in total. The number of benzene rings is 1. The third-order valence-electron chi connectivity index (χ3n) is 3.68. The molecular formula is C15H19N3OS2. The molecule has 6 heteroatoms. The van der Waals surface area contributed by atoms with E-state index in [1.54, 1.807) is 0 Å². The zero-order valence-corrected chi connectivity index (χ0v) is 13.8. The topological polar surface area (TPSA) is 64.9 Å². The zero-order chi connectivity index (χ0) is 14.8. The Morgan fingerprint density at radius 3 is 2.90 bits per heavy atom. The Bertz CT molecular complexity index is 629. The summed E-state index contributed by atoms with van der Waals surface area (Å²) in [5.41, 5.74) is 8.65. The quantitative estimate of drug-likeness (QED) is 0.864. The fraction of sp³-hybridized carbons (Fsp3) is 0.467. The van der Waals surface area contributed by atoms with Gasteiger partial charge >= 0.3 is 0 Å². The van der Waals surface area contributed by atoms with Crippen molar-refractivity contribution in [3.05, 3.63) is 29.6 Å². The molecule has 112 valence electrons. The van der Waals surface area contributed by atoms with Crippen LogP contribution in [0.15, 0.2) is 22.7 Å². The molecule has 0 amide bonds. The van der Waals surface area contributed by atoms with E-state index in [0.29, 0.717) is 16.4 Å². The normalized spacial score (nSPS) is 22.4. The van der Waals surface area contributed by atoms with Crippen LogP contribution in [0.25, 0.3) is 11.5 Å². The van der Waals surface area contributed by atoms with Crippen LogP contribution in [0.3, 0.4) is 0 Å². The summed E-state index contributed by atoms with van der Waals surface area (Å²) >= 11 is 3.95. The van der Waals surface area contributed by atoms with Gasteiger partial charge in [-0.3, -0.25) is 0 Å². The first-order valence-electron chi connectivity index (χ1n) is 7.12. The van der Waals surface area contributed by atoms with Crippen LogP contribution in [0.1, 0.15) is 30.0 Å². The van der Waals surface area contributed by atoms with Gasteiger partial charge in [0.1, 0.15) is 0 Å². The number of nitrogen functional groups attached to an aromatic ring is 1. The van der Waals surface area contributed by atoms with Gasteiger partial charge in [0, 0.05) is 28.0 Å². The molecule has 0 aliphatic carbocycles. The van der Waals surface area contributed by atoms with Crippen molar-refractivity contribution >= 4 is 29.2 Å².